The summed E-state index contributed by atoms with van der Waals surface area (Å²) in [7, 11) is 0. The number of nitriles is 1. The van der Waals surface area contributed by atoms with E-state index in [9.17, 15) is 29.7 Å². The number of halogens is 3. The van der Waals surface area contributed by atoms with Gasteiger partial charge in [0.1, 0.15) is 33.6 Å². The zero-order chi connectivity index (χ0) is 42.9. The van der Waals surface area contributed by atoms with Crippen LogP contribution in [0.15, 0.2) is 136 Å². The van der Waals surface area contributed by atoms with Gasteiger partial charge in [-0.15, -0.1) is 0 Å². The van der Waals surface area contributed by atoms with Crippen LogP contribution in [-0.4, -0.2) is 47.8 Å². The van der Waals surface area contributed by atoms with Gasteiger partial charge in [-0.1, -0.05) is 66.0 Å². The van der Waals surface area contributed by atoms with E-state index in [4.69, 9.17) is 18.5 Å². The quantitative estimate of drug-likeness (QED) is 0.203. The first-order valence-electron chi connectivity index (χ1n) is 16.9. The van der Waals surface area contributed by atoms with Gasteiger partial charge in [-0.05, 0) is 91.0 Å². The fraction of sp³-hybridized carbons (Fsp3) is 0.0244. The van der Waals surface area contributed by atoms with Crippen LogP contribution in [0.3, 0.4) is 0 Å². The van der Waals surface area contributed by atoms with Crippen LogP contribution in [0.25, 0.3) is 68.1 Å². The average Bonchev–Trinajstić information content (AvgIpc) is 3.98. The van der Waals surface area contributed by atoms with Crippen molar-refractivity contribution in [3.63, 3.8) is 0 Å². The summed E-state index contributed by atoms with van der Waals surface area (Å²) in [6.45, 7) is 1.43. The molecule has 6 heterocycles. The standard InChI is InChI=1S/3C13H7BrN2O3.C2H3N.2H2O.Yb/c3*14-7-4-5-11-10(6-7)16-12(19-11)8-2-1-3-9(15-8)13(17)18;1-2-3;;;/h3*1-6H,(H,17,18);1H3;2*1H2;/q;;;;;;+3/p-1. The van der Waals surface area contributed by atoms with Crippen molar-refractivity contribution in [2.24, 2.45) is 0 Å². The zero-order valence-electron chi connectivity index (χ0n) is 31.8. The number of fused-ring (bicyclic) bond motifs is 3. The van der Waals surface area contributed by atoms with Crippen molar-refractivity contribution >= 4 is 99.0 Å². The van der Waals surface area contributed by atoms with Gasteiger partial charge in [0, 0.05) is 20.3 Å². The zero-order valence-corrected chi connectivity index (χ0v) is 38.2. The number of aromatic carboxylic acids is 3. The molecule has 0 saturated carbocycles. The molecule has 22 heteroatoms. The molecule has 0 saturated heterocycles. The molecule has 0 atom stereocenters. The second kappa shape index (κ2) is 23.7. The van der Waals surface area contributed by atoms with E-state index in [1.165, 1.54) is 25.1 Å². The maximum absolute atomic E-state index is 10.8. The van der Waals surface area contributed by atoms with E-state index in [1.54, 1.807) is 60.7 Å². The van der Waals surface area contributed by atoms with Gasteiger partial charge >= 0.3 is 46.9 Å². The monoisotopic (exact) mass is 1200 g/mol. The fourth-order valence-corrected chi connectivity index (χ4v) is 6.08. The third-order valence-corrected chi connectivity index (χ3v) is 9.06. The van der Waals surface area contributed by atoms with Crippen molar-refractivity contribution in [2.75, 3.05) is 0 Å². The molecule has 18 nitrogen and oxygen atoms in total. The van der Waals surface area contributed by atoms with Crippen LogP contribution in [0.5, 0.6) is 0 Å². The van der Waals surface area contributed by atoms with Gasteiger partial charge in [0.25, 0.3) is 0 Å². The van der Waals surface area contributed by atoms with Crippen LogP contribution in [-0.2, 0) is 11.0 Å². The molecule has 0 aliphatic carbocycles. The summed E-state index contributed by atoms with van der Waals surface area (Å²) in [6, 6.07) is 31.7. The first-order chi connectivity index (χ1) is 28.8. The number of carboxylic acids is 3. The van der Waals surface area contributed by atoms with E-state index in [0.717, 1.165) is 13.4 Å². The van der Waals surface area contributed by atoms with Gasteiger partial charge in [-0.3, -0.25) is 0 Å². The molecular weight excluding hydrogens is 1180 g/mol. The van der Waals surface area contributed by atoms with Crippen molar-refractivity contribution < 1.29 is 101 Å². The van der Waals surface area contributed by atoms with Crippen molar-refractivity contribution in [1.29, 1.82) is 5.26 Å². The minimum atomic E-state index is -1.33. The molecule has 0 fully saturated rings. The summed E-state index contributed by atoms with van der Waals surface area (Å²) in [5.74, 6) is -3.18. The summed E-state index contributed by atoms with van der Waals surface area (Å²) in [5.41, 5.74) is 4.46. The van der Waals surface area contributed by atoms with Gasteiger partial charge < -0.3 is 53.9 Å². The largest absolute Gasteiger partial charge is 3.00 e. The SMILES string of the molecule is CC#N.O=C([O-])c1cccc(-c2nc3cc(Br)ccc3o2)n1.O=C([O-])c1cccc(-c2nc3cc(Br)ccc3o2)n1.O=C([O-])c1cccc(-c2nc3cc(Br)ccc3o2)n1.[OH3+].[OH3+].[Yb+3]. The number of carboxylic acid groups (broad SMARTS) is 3. The molecule has 0 aliphatic heterocycles. The van der Waals surface area contributed by atoms with E-state index in [-0.39, 0.29) is 92.6 Å². The van der Waals surface area contributed by atoms with Crippen molar-refractivity contribution in [2.45, 2.75) is 6.92 Å². The number of carbonyl (C=O) groups is 3. The van der Waals surface area contributed by atoms with Gasteiger partial charge in [0.2, 0.25) is 17.7 Å². The third-order valence-electron chi connectivity index (χ3n) is 7.58. The minimum Gasteiger partial charge on any atom is -0.543 e. The van der Waals surface area contributed by atoms with Crippen molar-refractivity contribution in [3.05, 3.63) is 140 Å². The van der Waals surface area contributed by atoms with E-state index < -0.39 is 17.9 Å². The summed E-state index contributed by atoms with van der Waals surface area (Å²) < 4.78 is 19.3. The Morgan fingerprint density at radius 2 is 0.746 bits per heavy atom. The average molecular weight is 1210 g/mol. The Balaban J connectivity index is 0.000000238. The van der Waals surface area contributed by atoms with Crippen LogP contribution in [0.4, 0.5) is 0 Å². The predicted molar refractivity (Wildman–Crippen MR) is 229 cm³/mol. The van der Waals surface area contributed by atoms with Crippen LogP contribution >= 0.6 is 47.8 Å². The van der Waals surface area contributed by atoms with Crippen LogP contribution in [0, 0.1) is 58.3 Å². The molecule has 3 aromatic carbocycles. The first-order valence-corrected chi connectivity index (χ1v) is 19.2. The molecule has 0 aliphatic rings. The number of pyridine rings is 3. The van der Waals surface area contributed by atoms with E-state index in [1.807, 2.05) is 36.4 Å². The van der Waals surface area contributed by atoms with Crippen molar-refractivity contribution in [3.8, 4) is 40.8 Å². The number of carbonyl (C=O) groups excluding carboxylic acids is 3. The van der Waals surface area contributed by atoms with E-state index in [2.05, 4.69) is 77.7 Å². The second-order valence-electron chi connectivity index (χ2n) is 11.7. The van der Waals surface area contributed by atoms with Gasteiger partial charge in [0.05, 0.1) is 41.1 Å². The van der Waals surface area contributed by atoms with Gasteiger partial charge in [-0.25, -0.2) is 29.9 Å². The third kappa shape index (κ3) is 13.4. The Morgan fingerprint density at radius 3 is 0.984 bits per heavy atom. The first kappa shape index (κ1) is 51.6. The maximum atomic E-state index is 10.8. The van der Waals surface area contributed by atoms with Gasteiger partial charge in [-0.2, -0.15) is 5.26 Å². The number of oxazole rings is 3. The van der Waals surface area contributed by atoms with Crippen LogP contribution in [0.2, 0.25) is 0 Å². The Hall–Kier alpha value is -5.70. The number of aromatic nitrogens is 6. The predicted octanol–water partition coefficient (Wildman–Crippen LogP) is 4.73. The molecule has 6 N–H and O–H groups in total. The molecule has 325 valence electrons. The molecule has 0 spiro atoms. The molecular formula is C41H27Br3N7O11Yb+2. The molecule has 9 rings (SSSR count). The summed E-state index contributed by atoms with van der Waals surface area (Å²) >= 11 is 10.0. The molecule has 0 amide bonds. The Labute approximate surface area is 418 Å². The number of rotatable bonds is 6. The van der Waals surface area contributed by atoms with Crippen molar-refractivity contribution in [1.82, 2.24) is 29.9 Å². The molecule has 6 aromatic heterocycles. The van der Waals surface area contributed by atoms with Crippen LogP contribution in [0.1, 0.15) is 38.4 Å². The number of hydrogen-bond acceptors (Lipinski definition) is 16. The molecule has 0 unspecified atom stereocenters. The maximum Gasteiger partial charge on any atom is 3.00 e. The number of benzene rings is 3. The van der Waals surface area contributed by atoms with E-state index >= 15 is 0 Å². The summed E-state index contributed by atoms with van der Waals surface area (Å²) in [4.78, 5) is 56.9. The summed E-state index contributed by atoms with van der Waals surface area (Å²) in [5, 5.41) is 39.6. The summed E-state index contributed by atoms with van der Waals surface area (Å²) in [6.07, 6.45) is 0. The Bertz CT molecular complexity index is 2780. The smallest absolute Gasteiger partial charge is 0.543 e. The molecule has 0 bridgehead atoms. The normalized spacial score (nSPS) is 9.89. The molecule has 9 aromatic rings. The minimum absolute atomic E-state index is 0. The van der Waals surface area contributed by atoms with E-state index in [0.29, 0.717) is 50.4 Å². The van der Waals surface area contributed by atoms with Gasteiger partial charge in [0.15, 0.2) is 16.7 Å². The molecule has 1 radical (unpaired) electrons. The Morgan fingerprint density at radius 1 is 0.492 bits per heavy atom. The van der Waals surface area contributed by atoms with Crippen LogP contribution < -0.4 is 15.3 Å². The number of hydrogen-bond donors (Lipinski definition) is 0. The number of nitrogens with zero attached hydrogens (tertiary/aromatic N) is 7. The second-order valence-corrected chi connectivity index (χ2v) is 14.5. The topological polar surface area (TPSA) is 327 Å². The fourth-order valence-electron chi connectivity index (χ4n) is 5.03. The Kier molecular flexibility index (Phi) is 19.4. The molecule has 63 heavy (non-hydrogen) atoms.